The van der Waals surface area contributed by atoms with Gasteiger partial charge in [0.2, 0.25) is 0 Å². The summed E-state index contributed by atoms with van der Waals surface area (Å²) in [5, 5.41) is 7.21. The number of aromatic nitrogens is 3. The van der Waals surface area contributed by atoms with E-state index in [0.717, 1.165) is 107 Å². The van der Waals surface area contributed by atoms with Gasteiger partial charge in [-0.25, -0.2) is 0 Å². The number of hydrogen-bond acceptors (Lipinski definition) is 4. The van der Waals surface area contributed by atoms with E-state index in [0.29, 0.717) is 0 Å². The topological polar surface area (TPSA) is 27.8 Å². The Morgan fingerprint density at radius 2 is 0.510 bits per heavy atom. The molecule has 18 aromatic rings. The Labute approximate surface area is 567 Å². The molecule has 0 bridgehead atoms. The molecule has 0 spiro atoms. The van der Waals surface area contributed by atoms with Gasteiger partial charge >= 0.3 is 0 Å². The van der Waals surface area contributed by atoms with Crippen LogP contribution in [0.1, 0.15) is 0 Å². The van der Waals surface area contributed by atoms with Gasteiger partial charge in [0.1, 0.15) is 0 Å². The fourth-order valence-corrected chi connectivity index (χ4v) is 16.4. The molecule has 8 heteroatoms. The van der Waals surface area contributed by atoms with E-state index in [9.17, 15) is 0 Å². The molecule has 20 rings (SSSR count). The largest absolute Gasteiger partial charge is 0.311 e. The fourth-order valence-electron chi connectivity index (χ4n) is 16.4. The van der Waals surface area contributed by atoms with E-state index in [1.54, 1.807) is 0 Å². The van der Waals surface area contributed by atoms with E-state index < -0.39 is 0 Å². The SMILES string of the molecule is c1ccc(N(c2ccccc2)c2ccc3c(c2)N(c2ccccc2)c2cc(N(c4ccccc4)c4ccccc4)cc4c2B3c2ccc(-n3c5ccccc5c5c6c(c7ccccc7n6-c6ccccc6)c6c(c7ccccc7n6-c6ccccc6)c53)cc2N4c2ccccc2)cc1. The maximum absolute atomic E-state index is 2.61. The number of nitrogens with zero attached hydrogens (tertiary/aromatic N) is 7. The third-order valence-electron chi connectivity index (χ3n) is 20.2. The van der Waals surface area contributed by atoms with Gasteiger partial charge in [-0.3, -0.25) is 0 Å². The van der Waals surface area contributed by atoms with Crippen LogP contribution >= 0.6 is 0 Å². The van der Waals surface area contributed by atoms with E-state index >= 15 is 0 Å². The minimum atomic E-state index is -0.208. The van der Waals surface area contributed by atoms with E-state index in [1.165, 1.54) is 59.7 Å². The van der Waals surface area contributed by atoms with Crippen LogP contribution in [0.5, 0.6) is 0 Å². The number of para-hydroxylation sites is 11. The number of fused-ring (bicyclic) bond motifs is 16. The third kappa shape index (κ3) is 8.38. The zero-order chi connectivity index (χ0) is 64.4. The average molecular weight is 1250 g/mol. The van der Waals surface area contributed by atoms with Crippen LogP contribution < -0.4 is 36.0 Å². The lowest BCUT2D eigenvalue weighted by molar-refractivity contribution is 1.17. The normalized spacial score (nSPS) is 12.4. The van der Waals surface area contributed by atoms with Crippen LogP contribution in [0.3, 0.4) is 0 Å². The van der Waals surface area contributed by atoms with E-state index in [-0.39, 0.29) is 6.71 Å². The third-order valence-corrected chi connectivity index (χ3v) is 20.2. The van der Waals surface area contributed by atoms with E-state index in [4.69, 9.17) is 0 Å². The molecule has 0 N–H and O–H groups in total. The van der Waals surface area contributed by atoms with E-state index in [1.807, 2.05) is 0 Å². The lowest BCUT2D eigenvalue weighted by atomic mass is 9.33. The van der Waals surface area contributed by atoms with E-state index in [2.05, 4.69) is 397 Å². The summed E-state index contributed by atoms with van der Waals surface area (Å²) in [6, 6.07) is 134. The van der Waals surface area contributed by atoms with Crippen LogP contribution in [-0.2, 0) is 0 Å². The molecule has 98 heavy (non-hydrogen) atoms. The number of benzene rings is 15. The Balaban J connectivity index is 0.929. The average Bonchev–Trinajstić information content (AvgIpc) is 1.37. The summed E-state index contributed by atoms with van der Waals surface area (Å²) in [5.41, 5.74) is 26.8. The molecule has 5 heterocycles. The molecule has 0 unspecified atom stereocenters. The molecule has 3 aromatic heterocycles. The van der Waals surface area contributed by atoms with Crippen molar-refractivity contribution in [2.24, 2.45) is 0 Å². The molecule has 0 saturated heterocycles. The second-order valence-corrected chi connectivity index (χ2v) is 25.6. The van der Waals surface area contributed by atoms with Crippen LogP contribution in [0, 0.1) is 0 Å². The molecule has 15 aromatic carbocycles. The Morgan fingerprint density at radius 1 is 0.214 bits per heavy atom. The first-order valence-electron chi connectivity index (χ1n) is 33.7. The summed E-state index contributed by atoms with van der Waals surface area (Å²) >= 11 is 0. The number of anilines is 12. The molecule has 0 fully saturated rings. The van der Waals surface area contributed by atoms with Crippen molar-refractivity contribution in [3.05, 3.63) is 364 Å². The smallest absolute Gasteiger partial charge is 0.252 e. The summed E-state index contributed by atoms with van der Waals surface area (Å²) in [5.74, 6) is 0. The minimum Gasteiger partial charge on any atom is -0.311 e. The molecule has 0 amide bonds. The molecule has 2 aliphatic heterocycles. The second kappa shape index (κ2) is 22.3. The van der Waals surface area contributed by atoms with Gasteiger partial charge in [0.15, 0.2) is 0 Å². The van der Waals surface area contributed by atoms with Crippen molar-refractivity contribution in [2.45, 2.75) is 0 Å². The van der Waals surface area contributed by atoms with Crippen molar-refractivity contribution in [1.29, 1.82) is 0 Å². The summed E-state index contributed by atoms with van der Waals surface area (Å²) in [4.78, 5) is 9.91. The molecular formula is C90H60BN7. The lowest BCUT2D eigenvalue weighted by Crippen LogP contribution is -2.61. The maximum Gasteiger partial charge on any atom is 0.252 e. The Hall–Kier alpha value is -13.0. The van der Waals surface area contributed by atoms with Crippen molar-refractivity contribution < 1.29 is 0 Å². The molecule has 7 nitrogen and oxygen atoms in total. The highest BCUT2D eigenvalue weighted by Gasteiger charge is 2.45. The quantitative estimate of drug-likeness (QED) is 0.121. The maximum atomic E-state index is 2.61. The first kappa shape index (κ1) is 55.4. The van der Waals surface area contributed by atoms with Crippen molar-refractivity contribution in [2.75, 3.05) is 19.6 Å². The first-order chi connectivity index (χ1) is 48.7. The van der Waals surface area contributed by atoms with Crippen molar-refractivity contribution in [1.82, 2.24) is 13.7 Å². The van der Waals surface area contributed by atoms with Crippen molar-refractivity contribution in [3.63, 3.8) is 0 Å². The fraction of sp³-hybridized carbons (Fsp3) is 0. The lowest BCUT2D eigenvalue weighted by Gasteiger charge is -2.45. The highest BCUT2D eigenvalue weighted by molar-refractivity contribution is 7.00. The molecule has 0 radical (unpaired) electrons. The van der Waals surface area contributed by atoms with Gasteiger partial charge in [0.25, 0.3) is 6.71 Å². The number of rotatable bonds is 11. The highest BCUT2D eigenvalue weighted by Crippen LogP contribution is 2.53. The molecule has 0 saturated carbocycles. The summed E-state index contributed by atoms with van der Waals surface area (Å²) < 4.78 is 7.67. The highest BCUT2D eigenvalue weighted by atomic mass is 15.2. The van der Waals surface area contributed by atoms with Gasteiger partial charge in [-0.15, -0.1) is 0 Å². The summed E-state index contributed by atoms with van der Waals surface area (Å²) in [7, 11) is 0. The van der Waals surface area contributed by atoms with Gasteiger partial charge < -0.3 is 33.3 Å². The summed E-state index contributed by atoms with van der Waals surface area (Å²) in [6.45, 7) is -0.208. The molecular weight excluding hydrogens is 1190 g/mol. The van der Waals surface area contributed by atoms with Gasteiger partial charge in [0.05, 0.1) is 38.8 Å². The molecule has 458 valence electrons. The Bertz CT molecular complexity index is 5970. The van der Waals surface area contributed by atoms with Crippen LogP contribution in [0.25, 0.3) is 82.5 Å². The number of hydrogen-bond donors (Lipinski definition) is 0. The summed E-state index contributed by atoms with van der Waals surface area (Å²) in [6.07, 6.45) is 0. The van der Waals surface area contributed by atoms with Crippen LogP contribution in [0.15, 0.2) is 364 Å². The van der Waals surface area contributed by atoms with Gasteiger partial charge in [-0.2, -0.15) is 0 Å². The minimum absolute atomic E-state index is 0.208. The van der Waals surface area contributed by atoms with Crippen LogP contribution in [0.2, 0.25) is 0 Å². The van der Waals surface area contributed by atoms with Gasteiger partial charge in [0, 0.05) is 112 Å². The van der Waals surface area contributed by atoms with Gasteiger partial charge in [-0.1, -0.05) is 212 Å². The van der Waals surface area contributed by atoms with Crippen molar-refractivity contribution in [3.8, 4) is 17.1 Å². The second-order valence-electron chi connectivity index (χ2n) is 25.6. The predicted molar refractivity (Wildman–Crippen MR) is 413 cm³/mol. The zero-order valence-corrected chi connectivity index (χ0v) is 53.3. The monoisotopic (exact) mass is 1250 g/mol. The first-order valence-corrected chi connectivity index (χ1v) is 33.7. The van der Waals surface area contributed by atoms with Gasteiger partial charge in [-0.05, 0) is 168 Å². The molecule has 2 aliphatic rings. The Kier molecular flexibility index (Phi) is 12.6. The molecule has 0 atom stereocenters. The molecule has 0 aliphatic carbocycles. The van der Waals surface area contributed by atoms with Crippen LogP contribution in [0.4, 0.5) is 68.2 Å². The standard InChI is InChI=1S/C90H60BN7/c1-9-31-61(32-10-1)92(62-33-11-2-12-34-62)69-53-55-75-80(57-69)94(65-39-17-5-18-40-65)82-59-71(93(63-35-13-3-14-36-63)64-37-15-4-16-38-64)60-83-87(82)91(75)76-56-54-70(58-81(76)95(83)66-41-19-6-20-42-66)98-79-52-30-27-49-74(79)86-89-84(72-47-25-28-50-77(72)96(89)67-43-21-7-22-44-67)88-85(90(86)98)73-48-26-29-51-78(73)97(88)68-45-23-8-24-46-68/h1-60H. The van der Waals surface area contributed by atoms with Crippen molar-refractivity contribution >= 4 is 157 Å². The Morgan fingerprint density at radius 3 is 0.898 bits per heavy atom. The zero-order valence-electron chi connectivity index (χ0n) is 53.3. The predicted octanol–water partition coefficient (Wildman–Crippen LogP) is 22.0. The van der Waals surface area contributed by atoms with Crippen LogP contribution in [-0.4, -0.2) is 20.4 Å².